The van der Waals surface area contributed by atoms with E-state index in [9.17, 15) is 9.59 Å². The second-order valence-corrected chi connectivity index (χ2v) is 10.2. The van der Waals surface area contributed by atoms with Crippen molar-refractivity contribution in [3.8, 4) is 23.1 Å². The van der Waals surface area contributed by atoms with E-state index >= 15 is 0 Å². The highest BCUT2D eigenvalue weighted by molar-refractivity contribution is 14.1. The molecule has 11 heteroatoms. The van der Waals surface area contributed by atoms with Gasteiger partial charge in [-0.15, -0.1) is 0 Å². The number of rotatable bonds is 7. The largest absolute Gasteiger partial charge is 0.496 e. The van der Waals surface area contributed by atoms with Gasteiger partial charge >= 0.3 is 0 Å². The number of ether oxygens (including phenoxy) is 2. The predicted molar refractivity (Wildman–Crippen MR) is 157 cm³/mol. The molecule has 2 heterocycles. The fraction of sp³-hybridized carbons (Fsp3) is 0.0769. The third kappa shape index (κ3) is 5.05. The topological polar surface area (TPSA) is 122 Å². The quantitative estimate of drug-likeness (QED) is 0.191. The maximum Gasteiger partial charge on any atom is 0.282 e. The average molecular weight is 720 g/mol. The lowest BCUT2D eigenvalue weighted by molar-refractivity contribution is -0.119. The fourth-order valence-electron chi connectivity index (χ4n) is 3.77. The van der Waals surface area contributed by atoms with Crippen molar-refractivity contribution in [1.29, 1.82) is 0 Å². The number of furan rings is 1. The van der Waals surface area contributed by atoms with Crippen LogP contribution in [0, 0.1) is 7.14 Å². The third-order valence-corrected chi connectivity index (χ3v) is 7.02. The van der Waals surface area contributed by atoms with Gasteiger partial charge in [-0.05, 0) is 93.2 Å². The Morgan fingerprint density at radius 1 is 1.11 bits per heavy atom. The van der Waals surface area contributed by atoms with Crippen LogP contribution < -0.4 is 20.8 Å². The smallest absolute Gasteiger partial charge is 0.282 e. The molecule has 37 heavy (non-hydrogen) atoms. The van der Waals surface area contributed by atoms with Crippen LogP contribution in [-0.2, 0) is 4.79 Å². The van der Waals surface area contributed by atoms with Crippen LogP contribution in [-0.4, -0.2) is 35.5 Å². The molecule has 9 nitrogen and oxygen atoms in total. The molecule has 0 saturated carbocycles. The molecule has 2 N–H and O–H groups in total. The zero-order valence-electron chi connectivity index (χ0n) is 19.3. The summed E-state index contributed by atoms with van der Waals surface area (Å²) in [6.07, 6.45) is 1.56. The molecule has 0 fully saturated rings. The van der Waals surface area contributed by atoms with Crippen molar-refractivity contribution in [3.63, 3.8) is 0 Å². The van der Waals surface area contributed by atoms with Crippen molar-refractivity contribution < 1.29 is 18.7 Å². The number of halogens is 2. The SMILES string of the molecule is COc1cccc2oc(-c3nc4ccccc4c(=O)n3N=Cc3cc(I)c(OCC(N)=O)c(I)c3)cc12. The van der Waals surface area contributed by atoms with Gasteiger partial charge in [-0.1, -0.05) is 18.2 Å². The summed E-state index contributed by atoms with van der Waals surface area (Å²) in [4.78, 5) is 29.3. The van der Waals surface area contributed by atoms with Crippen LogP contribution in [0.5, 0.6) is 11.5 Å². The van der Waals surface area contributed by atoms with Crippen LogP contribution in [0.15, 0.2) is 75.0 Å². The van der Waals surface area contributed by atoms with Gasteiger partial charge in [-0.2, -0.15) is 9.78 Å². The van der Waals surface area contributed by atoms with Crippen LogP contribution in [0.2, 0.25) is 0 Å². The van der Waals surface area contributed by atoms with E-state index in [2.05, 4.69) is 50.3 Å². The molecule has 3 aromatic carbocycles. The number of para-hydroxylation sites is 1. The molecule has 0 aliphatic heterocycles. The Labute approximate surface area is 237 Å². The van der Waals surface area contributed by atoms with E-state index in [-0.39, 0.29) is 18.0 Å². The Morgan fingerprint density at radius 3 is 2.59 bits per heavy atom. The van der Waals surface area contributed by atoms with Crippen LogP contribution in [0.1, 0.15) is 5.56 Å². The molecule has 5 rings (SSSR count). The molecular weight excluding hydrogens is 702 g/mol. The molecule has 186 valence electrons. The molecule has 0 aliphatic rings. The van der Waals surface area contributed by atoms with Crippen LogP contribution >= 0.6 is 45.2 Å². The number of carbonyl (C=O) groups is 1. The molecule has 0 saturated heterocycles. The first kappa shape index (κ1) is 25.2. The van der Waals surface area contributed by atoms with E-state index in [4.69, 9.17) is 24.6 Å². The molecule has 0 aliphatic carbocycles. The van der Waals surface area contributed by atoms with Crippen molar-refractivity contribution in [2.24, 2.45) is 10.8 Å². The Balaban J connectivity index is 1.64. The zero-order valence-corrected chi connectivity index (χ0v) is 23.6. The maximum absolute atomic E-state index is 13.5. The van der Waals surface area contributed by atoms with Gasteiger partial charge in [0.2, 0.25) is 5.82 Å². The molecule has 0 bridgehead atoms. The second kappa shape index (κ2) is 10.5. The molecule has 0 atom stereocenters. The number of hydrogen-bond acceptors (Lipinski definition) is 7. The molecule has 0 unspecified atom stereocenters. The predicted octanol–water partition coefficient (Wildman–Crippen LogP) is 4.77. The lowest BCUT2D eigenvalue weighted by atomic mass is 10.2. The van der Waals surface area contributed by atoms with Gasteiger partial charge < -0.3 is 19.6 Å². The zero-order chi connectivity index (χ0) is 26.1. The summed E-state index contributed by atoms with van der Waals surface area (Å²) >= 11 is 4.22. The molecule has 5 aromatic rings. The van der Waals surface area contributed by atoms with Crippen LogP contribution in [0.4, 0.5) is 0 Å². The Morgan fingerprint density at radius 2 is 1.86 bits per heavy atom. The Hall–Kier alpha value is -3.46. The number of methoxy groups -OCH3 is 1. The summed E-state index contributed by atoms with van der Waals surface area (Å²) in [7, 11) is 1.59. The summed E-state index contributed by atoms with van der Waals surface area (Å²) < 4.78 is 19.8. The normalized spacial score (nSPS) is 11.4. The number of aromatic nitrogens is 2. The number of amides is 1. The number of primary amides is 1. The van der Waals surface area contributed by atoms with Crippen molar-refractivity contribution in [2.45, 2.75) is 0 Å². The first-order chi connectivity index (χ1) is 17.9. The maximum atomic E-state index is 13.5. The van der Waals surface area contributed by atoms with Gasteiger partial charge in [0.1, 0.15) is 17.1 Å². The van der Waals surface area contributed by atoms with E-state index in [1.807, 2.05) is 36.4 Å². The van der Waals surface area contributed by atoms with Crippen molar-refractivity contribution in [1.82, 2.24) is 9.66 Å². The van der Waals surface area contributed by atoms with E-state index < -0.39 is 5.91 Å². The minimum atomic E-state index is -0.559. The van der Waals surface area contributed by atoms with Gasteiger partial charge in [0, 0.05) is 0 Å². The van der Waals surface area contributed by atoms with Gasteiger partial charge in [0.15, 0.2) is 12.4 Å². The van der Waals surface area contributed by atoms with Crippen molar-refractivity contribution >= 4 is 79.2 Å². The Bertz CT molecular complexity index is 1740. The molecule has 1 amide bonds. The second-order valence-electron chi connectivity index (χ2n) is 7.87. The fourth-order valence-corrected chi connectivity index (χ4v) is 5.90. The lowest BCUT2D eigenvalue weighted by Gasteiger charge is -2.10. The third-order valence-electron chi connectivity index (χ3n) is 5.42. The van der Waals surface area contributed by atoms with E-state index in [0.29, 0.717) is 33.7 Å². The summed E-state index contributed by atoms with van der Waals surface area (Å²) in [6, 6.07) is 18.0. The van der Waals surface area contributed by atoms with E-state index in [1.54, 1.807) is 37.6 Å². The van der Waals surface area contributed by atoms with Gasteiger partial charge in [-0.25, -0.2) is 4.98 Å². The van der Waals surface area contributed by atoms with Gasteiger partial charge in [0.05, 0.1) is 36.8 Å². The molecule has 0 spiro atoms. The minimum Gasteiger partial charge on any atom is -0.496 e. The summed E-state index contributed by atoms with van der Waals surface area (Å²) in [5.41, 5.74) is 6.71. The average Bonchev–Trinajstić information content (AvgIpc) is 3.32. The van der Waals surface area contributed by atoms with Gasteiger partial charge in [-0.3, -0.25) is 9.59 Å². The highest BCUT2D eigenvalue weighted by atomic mass is 127. The number of benzene rings is 3. The molecule has 2 aromatic heterocycles. The van der Waals surface area contributed by atoms with Crippen LogP contribution in [0.25, 0.3) is 33.5 Å². The first-order valence-corrected chi connectivity index (χ1v) is 13.0. The minimum absolute atomic E-state index is 0.219. The van der Waals surface area contributed by atoms with Gasteiger partial charge in [0.25, 0.3) is 11.5 Å². The summed E-state index contributed by atoms with van der Waals surface area (Å²) in [6.45, 7) is -0.219. The monoisotopic (exact) mass is 720 g/mol. The summed E-state index contributed by atoms with van der Waals surface area (Å²) in [5.74, 6) is 1.27. The number of nitrogens with two attached hydrogens (primary N) is 1. The highest BCUT2D eigenvalue weighted by Crippen LogP contribution is 2.33. The Kier molecular flexibility index (Phi) is 7.15. The number of fused-ring (bicyclic) bond motifs is 2. The van der Waals surface area contributed by atoms with E-state index in [0.717, 1.165) is 18.1 Å². The first-order valence-electron chi connectivity index (χ1n) is 10.9. The molecule has 0 radical (unpaired) electrons. The number of hydrogen-bond donors (Lipinski definition) is 1. The standard InChI is InChI=1S/C26H18I2N4O5/c1-35-20-7-4-8-21-16(20)11-22(37-21)25-31-19-6-3-2-5-15(19)26(34)32(25)30-12-14-9-17(27)24(18(28)10-14)36-13-23(29)33/h2-12H,13H2,1H3,(H2,29,33). The lowest BCUT2D eigenvalue weighted by Crippen LogP contribution is -2.21. The summed E-state index contributed by atoms with van der Waals surface area (Å²) in [5, 5.41) is 5.69. The van der Waals surface area contributed by atoms with Crippen molar-refractivity contribution in [2.75, 3.05) is 13.7 Å². The van der Waals surface area contributed by atoms with E-state index in [1.165, 1.54) is 4.68 Å². The van der Waals surface area contributed by atoms with Crippen molar-refractivity contribution in [3.05, 3.63) is 83.7 Å². The molecular formula is C26H18I2N4O5. The number of nitrogens with zero attached hydrogens (tertiary/aromatic N) is 3. The van der Waals surface area contributed by atoms with Crippen LogP contribution in [0.3, 0.4) is 0 Å². The number of carbonyl (C=O) groups excluding carboxylic acids is 1. The highest BCUT2D eigenvalue weighted by Gasteiger charge is 2.18.